The summed E-state index contributed by atoms with van der Waals surface area (Å²) in [4.78, 5) is 12.2. The molecule has 0 radical (unpaired) electrons. The molecule has 0 aliphatic heterocycles. The number of carbonyl (C=O) groups is 1. The van der Waals surface area contributed by atoms with E-state index in [1.54, 1.807) is 0 Å². The minimum atomic E-state index is -4.40. The van der Waals surface area contributed by atoms with Crippen LogP contribution in [0.1, 0.15) is 47.2 Å². The Bertz CT molecular complexity index is 897. The van der Waals surface area contributed by atoms with E-state index in [9.17, 15) is 18.0 Å². The van der Waals surface area contributed by atoms with Gasteiger partial charge in [-0.2, -0.15) is 13.2 Å². The molecule has 2 aromatic rings. The third-order valence-corrected chi connectivity index (χ3v) is 4.57. The maximum Gasteiger partial charge on any atom is 0.416 e. The predicted octanol–water partition coefficient (Wildman–Crippen LogP) is 5.56. The summed E-state index contributed by atoms with van der Waals surface area (Å²) < 4.78 is 38.3. The van der Waals surface area contributed by atoms with Gasteiger partial charge in [-0.3, -0.25) is 4.79 Å². The van der Waals surface area contributed by atoms with E-state index in [0.29, 0.717) is 5.56 Å². The Labute approximate surface area is 156 Å². The lowest BCUT2D eigenvalue weighted by Crippen LogP contribution is -2.25. The number of halogens is 3. The van der Waals surface area contributed by atoms with E-state index in [1.807, 2.05) is 19.1 Å². The molecule has 1 N–H and O–H groups in total. The Morgan fingerprint density at radius 3 is 2.74 bits per heavy atom. The van der Waals surface area contributed by atoms with E-state index < -0.39 is 11.7 Å². The van der Waals surface area contributed by atoms with E-state index in [-0.39, 0.29) is 11.9 Å². The second kappa shape index (κ2) is 7.82. The van der Waals surface area contributed by atoms with E-state index in [0.717, 1.165) is 30.5 Å². The van der Waals surface area contributed by atoms with Gasteiger partial charge in [0.1, 0.15) is 0 Å². The summed E-state index contributed by atoms with van der Waals surface area (Å²) in [6.07, 6.45) is 4.38. The Morgan fingerprint density at radius 1 is 1.19 bits per heavy atom. The molecular formula is C22H20F3NO. The van der Waals surface area contributed by atoms with Crippen molar-refractivity contribution in [3.05, 3.63) is 82.4 Å². The number of carbonyl (C=O) groups excluding carboxylic acids is 1. The van der Waals surface area contributed by atoms with Crippen LogP contribution in [-0.2, 0) is 17.4 Å². The van der Waals surface area contributed by atoms with Gasteiger partial charge in [0.25, 0.3) is 0 Å². The topological polar surface area (TPSA) is 29.1 Å². The number of benzene rings is 2. The first-order chi connectivity index (χ1) is 12.8. The molecule has 2 nitrogen and oxygen atoms in total. The molecule has 0 spiro atoms. The van der Waals surface area contributed by atoms with Crippen LogP contribution in [0.3, 0.4) is 0 Å². The second-order valence-corrected chi connectivity index (χ2v) is 6.54. The number of hydrogen-bond donors (Lipinski definition) is 1. The first-order valence-electron chi connectivity index (χ1n) is 8.79. The summed E-state index contributed by atoms with van der Waals surface area (Å²) in [6, 6.07) is 10.7. The fourth-order valence-electron chi connectivity index (χ4n) is 3.24. The molecule has 3 rings (SSSR count). The molecule has 2 aromatic carbocycles. The van der Waals surface area contributed by atoms with Crippen molar-refractivity contribution in [2.45, 2.75) is 32.0 Å². The van der Waals surface area contributed by atoms with Crippen LogP contribution in [0.4, 0.5) is 13.2 Å². The van der Waals surface area contributed by atoms with E-state index in [1.165, 1.54) is 35.4 Å². The summed E-state index contributed by atoms with van der Waals surface area (Å²) >= 11 is 0. The van der Waals surface area contributed by atoms with Crippen molar-refractivity contribution in [3.8, 4) is 0 Å². The van der Waals surface area contributed by atoms with Crippen LogP contribution in [0.5, 0.6) is 0 Å². The van der Waals surface area contributed by atoms with Gasteiger partial charge in [0.15, 0.2) is 0 Å². The molecule has 1 aliphatic rings. The van der Waals surface area contributed by atoms with Crippen molar-refractivity contribution < 1.29 is 18.0 Å². The van der Waals surface area contributed by atoms with Gasteiger partial charge in [0, 0.05) is 6.08 Å². The fourth-order valence-corrected chi connectivity index (χ4v) is 3.24. The highest BCUT2D eigenvalue weighted by Gasteiger charge is 2.30. The average molecular weight is 371 g/mol. The monoisotopic (exact) mass is 371 g/mol. The standard InChI is InChI=1S/C22H20F3NO/c1-15(19-11-5-8-17-7-2-3-10-20(17)19)26-21(27)13-12-16-6-4-9-18(14-16)22(23,24)25/h2,4-9,11-15H,3,10H2,1H3,(H,26,27)/b13-12+. The highest BCUT2D eigenvalue weighted by molar-refractivity contribution is 5.92. The molecule has 0 aromatic heterocycles. The maximum atomic E-state index is 12.8. The molecule has 1 aliphatic carbocycles. The van der Waals surface area contributed by atoms with Crippen LogP contribution in [0.25, 0.3) is 12.2 Å². The van der Waals surface area contributed by atoms with E-state index >= 15 is 0 Å². The molecule has 1 unspecified atom stereocenters. The van der Waals surface area contributed by atoms with Gasteiger partial charge in [-0.05, 0) is 60.2 Å². The molecule has 140 valence electrons. The van der Waals surface area contributed by atoms with Crippen LogP contribution in [0.15, 0.2) is 54.6 Å². The van der Waals surface area contributed by atoms with Gasteiger partial charge in [-0.25, -0.2) is 0 Å². The van der Waals surface area contributed by atoms with Crippen molar-refractivity contribution in [1.29, 1.82) is 0 Å². The van der Waals surface area contributed by atoms with E-state index in [2.05, 4.69) is 23.5 Å². The van der Waals surface area contributed by atoms with Crippen molar-refractivity contribution in [2.75, 3.05) is 0 Å². The van der Waals surface area contributed by atoms with Gasteiger partial charge < -0.3 is 5.32 Å². The Morgan fingerprint density at radius 2 is 1.96 bits per heavy atom. The number of allylic oxidation sites excluding steroid dienone is 1. The van der Waals surface area contributed by atoms with Crippen LogP contribution >= 0.6 is 0 Å². The molecule has 5 heteroatoms. The molecule has 0 heterocycles. The fraction of sp³-hybridized carbons (Fsp3) is 0.227. The summed E-state index contributed by atoms with van der Waals surface area (Å²) in [7, 11) is 0. The highest BCUT2D eigenvalue weighted by Crippen LogP contribution is 2.30. The third-order valence-electron chi connectivity index (χ3n) is 4.57. The largest absolute Gasteiger partial charge is 0.416 e. The van der Waals surface area contributed by atoms with Gasteiger partial charge in [0.2, 0.25) is 5.91 Å². The van der Waals surface area contributed by atoms with Crippen LogP contribution in [0.2, 0.25) is 0 Å². The van der Waals surface area contributed by atoms with Crippen molar-refractivity contribution in [3.63, 3.8) is 0 Å². The van der Waals surface area contributed by atoms with Crippen LogP contribution in [0, 0.1) is 0 Å². The SMILES string of the molecule is CC(NC(=O)/C=C/c1cccc(C(F)(F)F)c1)c1cccc2c1CCC=C2. The third kappa shape index (κ3) is 4.67. The van der Waals surface area contributed by atoms with Crippen LogP contribution in [-0.4, -0.2) is 5.91 Å². The number of nitrogens with one attached hydrogen (secondary N) is 1. The minimum Gasteiger partial charge on any atom is -0.346 e. The van der Waals surface area contributed by atoms with E-state index in [4.69, 9.17) is 0 Å². The second-order valence-electron chi connectivity index (χ2n) is 6.54. The lowest BCUT2D eigenvalue weighted by atomic mass is 9.90. The molecule has 1 atom stereocenters. The van der Waals surface area contributed by atoms with Crippen LogP contribution < -0.4 is 5.32 Å². The zero-order chi connectivity index (χ0) is 19.4. The van der Waals surface area contributed by atoms with Gasteiger partial charge in [-0.1, -0.05) is 42.5 Å². The molecule has 0 bridgehead atoms. The molecular weight excluding hydrogens is 351 g/mol. The Balaban J connectivity index is 1.70. The smallest absolute Gasteiger partial charge is 0.346 e. The first kappa shape index (κ1) is 19.0. The molecule has 1 amide bonds. The number of alkyl halides is 3. The molecule has 27 heavy (non-hydrogen) atoms. The summed E-state index contributed by atoms with van der Waals surface area (Å²) in [5.74, 6) is -0.344. The van der Waals surface area contributed by atoms with Crippen molar-refractivity contribution in [1.82, 2.24) is 5.32 Å². The van der Waals surface area contributed by atoms with Crippen molar-refractivity contribution >= 4 is 18.1 Å². The zero-order valence-electron chi connectivity index (χ0n) is 14.9. The normalized spacial score (nSPS) is 14.8. The zero-order valence-corrected chi connectivity index (χ0v) is 14.9. The molecule has 0 saturated carbocycles. The lowest BCUT2D eigenvalue weighted by molar-refractivity contribution is -0.137. The summed E-state index contributed by atoms with van der Waals surface area (Å²) in [6.45, 7) is 1.91. The maximum absolute atomic E-state index is 12.8. The number of rotatable bonds is 4. The van der Waals surface area contributed by atoms with Gasteiger partial charge in [0.05, 0.1) is 11.6 Å². The summed E-state index contributed by atoms with van der Waals surface area (Å²) in [5, 5.41) is 2.89. The molecule has 0 fully saturated rings. The summed E-state index contributed by atoms with van der Waals surface area (Å²) in [5.41, 5.74) is 3.06. The number of amides is 1. The quantitative estimate of drug-likeness (QED) is 0.701. The number of hydrogen-bond acceptors (Lipinski definition) is 1. The molecule has 0 saturated heterocycles. The van der Waals surface area contributed by atoms with Gasteiger partial charge >= 0.3 is 6.18 Å². The average Bonchev–Trinajstić information content (AvgIpc) is 2.65. The van der Waals surface area contributed by atoms with Crippen molar-refractivity contribution in [2.24, 2.45) is 0 Å². The number of fused-ring (bicyclic) bond motifs is 1. The Kier molecular flexibility index (Phi) is 5.49. The predicted molar refractivity (Wildman–Crippen MR) is 101 cm³/mol. The Hall–Kier alpha value is -2.82. The van der Waals surface area contributed by atoms with Gasteiger partial charge in [-0.15, -0.1) is 0 Å². The minimum absolute atomic E-state index is 0.190. The first-order valence-corrected chi connectivity index (χ1v) is 8.79. The lowest BCUT2D eigenvalue weighted by Gasteiger charge is -2.20. The highest BCUT2D eigenvalue weighted by atomic mass is 19.4.